The number of hydrogen-bond donors (Lipinski definition) is 1. The van der Waals surface area contributed by atoms with E-state index in [1.165, 1.54) is 6.07 Å². The maximum atomic E-state index is 14.1. The molecule has 0 amide bonds. The summed E-state index contributed by atoms with van der Waals surface area (Å²) in [5.74, 6) is -0.630. The quantitative estimate of drug-likeness (QED) is 0.543. The maximum Gasteiger partial charge on any atom is 0.310 e. The van der Waals surface area contributed by atoms with Gasteiger partial charge in [-0.3, -0.25) is 4.79 Å². The summed E-state index contributed by atoms with van der Waals surface area (Å²) in [6, 6.07) is 6.89. The molecular formula is C24H40FNO3Si. The first kappa shape index (κ1) is 25.0. The molecule has 30 heavy (non-hydrogen) atoms. The highest BCUT2D eigenvalue weighted by Gasteiger charge is 2.46. The Hall–Kier alpha value is -1.24. The van der Waals surface area contributed by atoms with Crippen molar-refractivity contribution in [2.45, 2.75) is 72.6 Å². The molecule has 1 unspecified atom stereocenters. The van der Waals surface area contributed by atoms with E-state index in [0.29, 0.717) is 19.4 Å². The highest BCUT2D eigenvalue weighted by Crippen LogP contribution is 2.43. The van der Waals surface area contributed by atoms with Crippen molar-refractivity contribution in [2.24, 2.45) is 16.7 Å². The molecular weight excluding hydrogens is 397 g/mol. The van der Waals surface area contributed by atoms with E-state index in [0.717, 1.165) is 18.7 Å². The minimum absolute atomic E-state index is 0.0462. The van der Waals surface area contributed by atoms with Crippen LogP contribution in [0.3, 0.4) is 0 Å². The Morgan fingerprint density at radius 3 is 2.37 bits per heavy atom. The number of carboxylic acid groups (broad SMARTS) is 1. The first-order valence-corrected chi connectivity index (χ1v) is 14.1. The van der Waals surface area contributed by atoms with Crippen LogP contribution in [0.5, 0.6) is 0 Å². The first-order valence-electron chi connectivity index (χ1n) is 11.3. The molecule has 3 atom stereocenters. The van der Waals surface area contributed by atoms with Crippen LogP contribution in [0.4, 0.5) is 4.39 Å². The summed E-state index contributed by atoms with van der Waals surface area (Å²) < 4.78 is 20.6. The SMILES string of the molecule is CCC(CC)(CN1C[C@H](c2cccc(F)c2)[C@@H](C(O[SiH](C)C)C(C)(C)C)C1)C(=O)O. The van der Waals surface area contributed by atoms with Crippen LogP contribution in [0.15, 0.2) is 24.3 Å². The van der Waals surface area contributed by atoms with Gasteiger partial charge in [0.1, 0.15) is 5.82 Å². The van der Waals surface area contributed by atoms with Crippen LogP contribution in [0.25, 0.3) is 0 Å². The molecule has 6 heteroatoms. The number of likely N-dealkylation sites (tertiary alicyclic amines) is 1. The second-order valence-electron chi connectivity index (χ2n) is 10.3. The van der Waals surface area contributed by atoms with Gasteiger partial charge >= 0.3 is 5.97 Å². The zero-order valence-electron chi connectivity index (χ0n) is 19.7. The number of carbonyl (C=O) groups is 1. The van der Waals surface area contributed by atoms with Gasteiger partial charge < -0.3 is 14.4 Å². The number of aliphatic carboxylic acids is 1. The monoisotopic (exact) mass is 437 g/mol. The van der Waals surface area contributed by atoms with Crippen LogP contribution >= 0.6 is 0 Å². The Morgan fingerprint density at radius 2 is 1.90 bits per heavy atom. The number of rotatable bonds is 9. The van der Waals surface area contributed by atoms with Crippen LogP contribution in [0, 0.1) is 22.6 Å². The molecule has 1 saturated heterocycles. The number of hydrogen-bond acceptors (Lipinski definition) is 3. The van der Waals surface area contributed by atoms with Gasteiger partial charge in [0.2, 0.25) is 0 Å². The third-order valence-electron chi connectivity index (χ3n) is 6.71. The van der Waals surface area contributed by atoms with E-state index in [2.05, 4.69) is 38.8 Å². The average Bonchev–Trinajstić information content (AvgIpc) is 3.06. The smallest absolute Gasteiger partial charge is 0.310 e. The summed E-state index contributed by atoms with van der Waals surface area (Å²) in [6.07, 6.45) is 1.25. The maximum absolute atomic E-state index is 14.1. The minimum atomic E-state index is -1.29. The van der Waals surface area contributed by atoms with E-state index >= 15 is 0 Å². The van der Waals surface area contributed by atoms with Crippen molar-refractivity contribution in [3.05, 3.63) is 35.6 Å². The Kier molecular flexibility index (Phi) is 8.27. The first-order chi connectivity index (χ1) is 13.9. The van der Waals surface area contributed by atoms with Crippen molar-refractivity contribution in [2.75, 3.05) is 19.6 Å². The molecule has 1 aliphatic heterocycles. The number of nitrogens with zero attached hydrogens (tertiary/aromatic N) is 1. The van der Waals surface area contributed by atoms with Gasteiger partial charge in [0, 0.05) is 31.5 Å². The molecule has 0 spiro atoms. The number of carboxylic acids is 1. The van der Waals surface area contributed by atoms with Crippen LogP contribution in [0.1, 0.15) is 58.9 Å². The highest BCUT2D eigenvalue weighted by atomic mass is 28.3. The normalized spacial score (nSPS) is 21.9. The molecule has 1 heterocycles. The summed E-state index contributed by atoms with van der Waals surface area (Å²) in [5.41, 5.74) is 0.189. The molecule has 0 bridgehead atoms. The van der Waals surface area contributed by atoms with Crippen LogP contribution in [0.2, 0.25) is 13.1 Å². The molecule has 0 aromatic heterocycles. The lowest BCUT2D eigenvalue weighted by Gasteiger charge is -2.39. The van der Waals surface area contributed by atoms with E-state index in [1.807, 2.05) is 19.9 Å². The predicted octanol–water partition coefficient (Wildman–Crippen LogP) is 5.15. The molecule has 1 N–H and O–H groups in total. The zero-order chi connectivity index (χ0) is 22.7. The Bertz CT molecular complexity index is 715. The second-order valence-corrected chi connectivity index (χ2v) is 12.7. The Balaban J connectivity index is 2.42. The van der Waals surface area contributed by atoms with E-state index in [1.54, 1.807) is 12.1 Å². The van der Waals surface area contributed by atoms with E-state index < -0.39 is 20.4 Å². The fourth-order valence-electron chi connectivity index (χ4n) is 4.95. The highest BCUT2D eigenvalue weighted by molar-refractivity contribution is 6.48. The molecule has 2 rings (SSSR count). The summed E-state index contributed by atoms with van der Waals surface area (Å²) >= 11 is 0. The summed E-state index contributed by atoms with van der Waals surface area (Å²) in [4.78, 5) is 14.4. The standard InChI is InChI=1S/C24H40FNO3Si/c1-8-24(9-2,22(27)28)16-26-14-19(17-11-10-12-18(25)13-17)20(15-26)21(23(3,4)5)29-30(6)7/h10-13,19-21,30H,8-9,14-16H2,1-7H3,(H,27,28)/t19-,20+,21?/m1/s1. The fourth-order valence-corrected chi connectivity index (χ4v) is 6.15. The average molecular weight is 438 g/mol. The molecule has 1 fully saturated rings. The molecule has 4 nitrogen and oxygen atoms in total. The van der Waals surface area contributed by atoms with Crippen molar-refractivity contribution in [1.29, 1.82) is 0 Å². The van der Waals surface area contributed by atoms with Crippen molar-refractivity contribution in [3.8, 4) is 0 Å². The molecule has 1 aliphatic rings. The lowest BCUT2D eigenvalue weighted by molar-refractivity contribution is -0.150. The van der Waals surface area contributed by atoms with Gasteiger partial charge in [-0.1, -0.05) is 46.8 Å². The van der Waals surface area contributed by atoms with Crippen molar-refractivity contribution in [3.63, 3.8) is 0 Å². The van der Waals surface area contributed by atoms with Crippen LogP contribution < -0.4 is 0 Å². The largest absolute Gasteiger partial charge is 0.481 e. The molecule has 0 saturated carbocycles. The van der Waals surface area contributed by atoms with Gasteiger partial charge in [-0.25, -0.2) is 4.39 Å². The molecule has 1 aromatic carbocycles. The molecule has 0 aliphatic carbocycles. The number of halogens is 1. The lowest BCUT2D eigenvalue weighted by atomic mass is 9.75. The summed E-state index contributed by atoms with van der Waals surface area (Å²) in [7, 11) is -1.29. The summed E-state index contributed by atoms with van der Waals surface area (Å²) in [6.45, 7) is 16.9. The van der Waals surface area contributed by atoms with Gasteiger partial charge in [0.15, 0.2) is 9.04 Å². The lowest BCUT2D eigenvalue weighted by Crippen LogP contribution is -2.44. The van der Waals surface area contributed by atoms with Crippen molar-refractivity contribution < 1.29 is 18.7 Å². The van der Waals surface area contributed by atoms with E-state index in [-0.39, 0.29) is 29.2 Å². The summed E-state index contributed by atoms with van der Waals surface area (Å²) in [5, 5.41) is 9.93. The van der Waals surface area contributed by atoms with E-state index in [4.69, 9.17) is 4.43 Å². The zero-order valence-corrected chi connectivity index (χ0v) is 20.9. The van der Waals surface area contributed by atoms with Gasteiger partial charge in [-0.05, 0) is 49.0 Å². The van der Waals surface area contributed by atoms with Crippen LogP contribution in [-0.2, 0) is 9.22 Å². The predicted molar refractivity (Wildman–Crippen MR) is 123 cm³/mol. The second kappa shape index (κ2) is 9.92. The third kappa shape index (κ3) is 5.71. The molecule has 170 valence electrons. The Labute approximate surface area is 183 Å². The van der Waals surface area contributed by atoms with Gasteiger partial charge in [0.25, 0.3) is 0 Å². The molecule has 0 radical (unpaired) electrons. The topological polar surface area (TPSA) is 49.8 Å². The minimum Gasteiger partial charge on any atom is -0.481 e. The third-order valence-corrected chi connectivity index (χ3v) is 7.55. The molecule has 1 aromatic rings. The van der Waals surface area contributed by atoms with Gasteiger partial charge in [-0.2, -0.15) is 0 Å². The number of benzene rings is 1. The van der Waals surface area contributed by atoms with Crippen LogP contribution in [-0.4, -0.2) is 50.8 Å². The Morgan fingerprint density at radius 1 is 1.27 bits per heavy atom. The van der Waals surface area contributed by atoms with Gasteiger partial charge in [-0.15, -0.1) is 0 Å². The van der Waals surface area contributed by atoms with Crippen molar-refractivity contribution in [1.82, 2.24) is 4.90 Å². The van der Waals surface area contributed by atoms with Crippen molar-refractivity contribution >= 4 is 15.0 Å². The fraction of sp³-hybridized carbons (Fsp3) is 0.708. The van der Waals surface area contributed by atoms with E-state index in [9.17, 15) is 14.3 Å². The van der Waals surface area contributed by atoms with Gasteiger partial charge in [0.05, 0.1) is 11.5 Å².